The maximum atomic E-state index is 13.2. The summed E-state index contributed by atoms with van der Waals surface area (Å²) in [5.41, 5.74) is 6.63. The van der Waals surface area contributed by atoms with Crippen molar-refractivity contribution in [1.82, 2.24) is 4.90 Å². The van der Waals surface area contributed by atoms with Crippen LogP contribution in [0.15, 0.2) is 18.2 Å². The summed E-state index contributed by atoms with van der Waals surface area (Å²) in [6.45, 7) is 7.80. The van der Waals surface area contributed by atoms with E-state index in [4.69, 9.17) is 10.5 Å². The Morgan fingerprint density at radius 1 is 1.47 bits per heavy atom. The van der Waals surface area contributed by atoms with Gasteiger partial charge in [0.2, 0.25) is 0 Å². The number of benzene rings is 1. The molecular formula is C15H23FN2O. The van der Waals surface area contributed by atoms with Crippen molar-refractivity contribution in [2.75, 3.05) is 26.2 Å². The van der Waals surface area contributed by atoms with Gasteiger partial charge in [0.25, 0.3) is 0 Å². The lowest BCUT2D eigenvalue weighted by Crippen LogP contribution is -2.39. The van der Waals surface area contributed by atoms with E-state index < -0.39 is 0 Å². The highest BCUT2D eigenvalue weighted by Gasteiger charge is 2.25. The maximum absolute atomic E-state index is 13.2. The van der Waals surface area contributed by atoms with Crippen molar-refractivity contribution in [3.63, 3.8) is 0 Å². The van der Waals surface area contributed by atoms with E-state index in [-0.39, 0.29) is 11.9 Å². The zero-order valence-corrected chi connectivity index (χ0v) is 11.7. The van der Waals surface area contributed by atoms with Gasteiger partial charge in [-0.3, -0.25) is 4.90 Å². The summed E-state index contributed by atoms with van der Waals surface area (Å²) >= 11 is 0. The molecule has 1 unspecified atom stereocenters. The first-order valence-electron chi connectivity index (χ1n) is 6.96. The Morgan fingerprint density at radius 3 is 2.95 bits per heavy atom. The van der Waals surface area contributed by atoms with Crippen LogP contribution in [0.3, 0.4) is 0 Å². The second-order valence-electron chi connectivity index (χ2n) is 5.64. The highest BCUT2D eigenvalue weighted by Crippen LogP contribution is 2.29. The van der Waals surface area contributed by atoms with Gasteiger partial charge >= 0.3 is 0 Å². The molecule has 0 spiro atoms. The first-order chi connectivity index (χ1) is 9.08. The van der Waals surface area contributed by atoms with Gasteiger partial charge in [-0.15, -0.1) is 0 Å². The van der Waals surface area contributed by atoms with Crippen molar-refractivity contribution in [3.05, 3.63) is 29.6 Å². The molecule has 0 aliphatic carbocycles. The SMILES string of the molecule is CC(C)CN(CCN)CC1Cc2cc(F)ccc2O1. The summed E-state index contributed by atoms with van der Waals surface area (Å²) in [7, 11) is 0. The molecule has 4 heteroatoms. The zero-order valence-electron chi connectivity index (χ0n) is 11.7. The minimum atomic E-state index is -0.191. The average Bonchev–Trinajstić information content (AvgIpc) is 2.69. The minimum absolute atomic E-state index is 0.113. The van der Waals surface area contributed by atoms with Crippen molar-refractivity contribution >= 4 is 0 Å². The van der Waals surface area contributed by atoms with Crippen LogP contribution in [0.4, 0.5) is 4.39 Å². The summed E-state index contributed by atoms with van der Waals surface area (Å²) in [6, 6.07) is 4.75. The molecule has 1 aromatic carbocycles. The third-order valence-corrected chi connectivity index (χ3v) is 3.29. The lowest BCUT2D eigenvalue weighted by atomic mass is 10.1. The Bertz CT molecular complexity index is 423. The van der Waals surface area contributed by atoms with Crippen LogP contribution in [-0.2, 0) is 6.42 Å². The van der Waals surface area contributed by atoms with Gasteiger partial charge < -0.3 is 10.5 Å². The van der Waals surface area contributed by atoms with Gasteiger partial charge in [-0.05, 0) is 24.1 Å². The van der Waals surface area contributed by atoms with Gasteiger partial charge in [0.15, 0.2) is 0 Å². The molecule has 3 nitrogen and oxygen atoms in total. The number of fused-ring (bicyclic) bond motifs is 1. The topological polar surface area (TPSA) is 38.5 Å². The lowest BCUT2D eigenvalue weighted by molar-refractivity contribution is 0.143. The molecule has 0 bridgehead atoms. The van der Waals surface area contributed by atoms with E-state index in [1.807, 2.05) is 0 Å². The van der Waals surface area contributed by atoms with Crippen molar-refractivity contribution in [2.45, 2.75) is 26.4 Å². The molecule has 0 saturated carbocycles. The molecule has 0 fully saturated rings. The molecule has 1 heterocycles. The Morgan fingerprint density at radius 2 is 2.26 bits per heavy atom. The quantitative estimate of drug-likeness (QED) is 0.856. The molecule has 0 saturated heterocycles. The number of hydrogen-bond donors (Lipinski definition) is 1. The number of halogens is 1. The molecule has 19 heavy (non-hydrogen) atoms. The number of rotatable bonds is 6. The highest BCUT2D eigenvalue weighted by atomic mass is 19.1. The van der Waals surface area contributed by atoms with Crippen LogP contribution in [0.1, 0.15) is 19.4 Å². The normalized spacial score (nSPS) is 17.9. The smallest absolute Gasteiger partial charge is 0.123 e. The average molecular weight is 266 g/mol. The summed E-state index contributed by atoms with van der Waals surface area (Å²) in [5, 5.41) is 0. The molecule has 1 aliphatic rings. The Kier molecular flexibility index (Phi) is 4.77. The van der Waals surface area contributed by atoms with Crippen LogP contribution in [-0.4, -0.2) is 37.2 Å². The summed E-state index contributed by atoms with van der Waals surface area (Å²) < 4.78 is 19.0. The van der Waals surface area contributed by atoms with Crippen molar-refractivity contribution < 1.29 is 9.13 Å². The van der Waals surface area contributed by atoms with Crippen LogP contribution < -0.4 is 10.5 Å². The summed E-state index contributed by atoms with van der Waals surface area (Å²) in [6.07, 6.45) is 0.897. The monoisotopic (exact) mass is 266 g/mol. The standard InChI is InChI=1S/C15H23FN2O/c1-11(2)9-18(6-5-17)10-14-8-12-7-13(16)3-4-15(12)19-14/h3-4,7,11,14H,5-6,8-10,17H2,1-2H3. The fourth-order valence-electron chi connectivity index (χ4n) is 2.63. The van der Waals surface area contributed by atoms with Gasteiger partial charge in [0.1, 0.15) is 17.7 Å². The van der Waals surface area contributed by atoms with Gasteiger partial charge in [-0.25, -0.2) is 4.39 Å². The molecular weight excluding hydrogens is 243 g/mol. The van der Waals surface area contributed by atoms with Gasteiger partial charge in [0, 0.05) is 38.2 Å². The van der Waals surface area contributed by atoms with E-state index in [0.717, 1.165) is 37.4 Å². The number of nitrogens with zero attached hydrogens (tertiary/aromatic N) is 1. The molecule has 2 rings (SSSR count). The van der Waals surface area contributed by atoms with Gasteiger partial charge in [-0.1, -0.05) is 13.8 Å². The van der Waals surface area contributed by atoms with Gasteiger partial charge in [-0.2, -0.15) is 0 Å². The number of nitrogens with two attached hydrogens (primary N) is 1. The maximum Gasteiger partial charge on any atom is 0.123 e. The highest BCUT2D eigenvalue weighted by molar-refractivity contribution is 5.37. The lowest BCUT2D eigenvalue weighted by Gasteiger charge is -2.26. The van der Waals surface area contributed by atoms with E-state index in [9.17, 15) is 4.39 Å². The minimum Gasteiger partial charge on any atom is -0.488 e. The molecule has 2 N–H and O–H groups in total. The third-order valence-electron chi connectivity index (χ3n) is 3.29. The molecule has 1 aromatic rings. The van der Waals surface area contributed by atoms with Crippen LogP contribution in [0, 0.1) is 11.7 Å². The predicted molar refractivity (Wildman–Crippen MR) is 74.9 cm³/mol. The van der Waals surface area contributed by atoms with Crippen molar-refractivity contribution in [3.8, 4) is 5.75 Å². The van der Waals surface area contributed by atoms with E-state index in [1.165, 1.54) is 6.07 Å². The van der Waals surface area contributed by atoms with Gasteiger partial charge in [0.05, 0.1) is 0 Å². The molecule has 1 aliphatic heterocycles. The summed E-state index contributed by atoms with van der Waals surface area (Å²) in [5.74, 6) is 1.24. The van der Waals surface area contributed by atoms with Crippen LogP contribution in [0.25, 0.3) is 0 Å². The first kappa shape index (κ1) is 14.3. The van der Waals surface area contributed by atoms with E-state index in [2.05, 4.69) is 18.7 Å². The second kappa shape index (κ2) is 6.35. The van der Waals surface area contributed by atoms with Crippen molar-refractivity contribution in [1.29, 1.82) is 0 Å². The fraction of sp³-hybridized carbons (Fsp3) is 0.600. The Balaban J connectivity index is 1.94. The first-order valence-corrected chi connectivity index (χ1v) is 6.96. The molecule has 0 amide bonds. The fourth-order valence-corrected chi connectivity index (χ4v) is 2.63. The third kappa shape index (κ3) is 3.91. The van der Waals surface area contributed by atoms with E-state index in [0.29, 0.717) is 12.5 Å². The predicted octanol–water partition coefficient (Wildman–Crippen LogP) is 2.05. The zero-order chi connectivity index (χ0) is 13.8. The molecule has 0 radical (unpaired) electrons. The van der Waals surface area contributed by atoms with Crippen LogP contribution >= 0.6 is 0 Å². The second-order valence-corrected chi connectivity index (χ2v) is 5.64. The Hall–Kier alpha value is -1.13. The van der Waals surface area contributed by atoms with E-state index >= 15 is 0 Å². The molecule has 106 valence electrons. The van der Waals surface area contributed by atoms with E-state index in [1.54, 1.807) is 12.1 Å². The largest absolute Gasteiger partial charge is 0.488 e. The van der Waals surface area contributed by atoms with Crippen LogP contribution in [0.2, 0.25) is 0 Å². The molecule has 1 atom stereocenters. The number of ether oxygens (including phenoxy) is 1. The summed E-state index contributed by atoms with van der Waals surface area (Å²) in [4.78, 5) is 2.33. The molecule has 0 aromatic heterocycles. The number of hydrogen-bond acceptors (Lipinski definition) is 3. The van der Waals surface area contributed by atoms with Crippen molar-refractivity contribution in [2.24, 2.45) is 11.7 Å². The Labute approximate surface area is 114 Å². The van der Waals surface area contributed by atoms with Crippen LogP contribution in [0.5, 0.6) is 5.75 Å².